The molecule has 4 nitrogen and oxygen atoms in total. The molecule has 0 fully saturated rings. The third-order valence-corrected chi connectivity index (χ3v) is 3.13. The Morgan fingerprint density at radius 3 is 2.94 bits per heavy atom. The highest BCUT2D eigenvalue weighted by molar-refractivity contribution is 6.04. The standard InChI is InChI=1S/C14H12N2O2/c1-8-5-11-12(18)6-9(7-17)16-14(11)13-10(8)3-2-4-15-13/h2-6,17H,7H2,1H3,(H,16,18). The minimum atomic E-state index is -0.187. The largest absolute Gasteiger partial charge is 0.390 e. The zero-order valence-corrected chi connectivity index (χ0v) is 9.90. The summed E-state index contributed by atoms with van der Waals surface area (Å²) in [6, 6.07) is 7.13. The first-order chi connectivity index (χ1) is 8.70. The predicted molar refractivity (Wildman–Crippen MR) is 70.5 cm³/mol. The number of aryl methyl sites for hydroxylation is 1. The van der Waals surface area contributed by atoms with Gasteiger partial charge in [-0.25, -0.2) is 0 Å². The molecule has 0 unspecified atom stereocenters. The lowest BCUT2D eigenvalue weighted by molar-refractivity contribution is 0.277. The number of nitrogens with one attached hydrogen (secondary N) is 1. The summed E-state index contributed by atoms with van der Waals surface area (Å²) in [6.45, 7) is 1.77. The Balaban J connectivity index is 2.60. The first-order valence-electron chi connectivity index (χ1n) is 5.72. The summed E-state index contributed by atoms with van der Waals surface area (Å²) in [5, 5.41) is 10.8. The molecule has 0 saturated heterocycles. The van der Waals surface area contributed by atoms with Crippen molar-refractivity contribution in [3.63, 3.8) is 0 Å². The van der Waals surface area contributed by atoms with Crippen LogP contribution in [0.5, 0.6) is 0 Å². The average molecular weight is 240 g/mol. The van der Waals surface area contributed by atoms with Gasteiger partial charge in [-0.2, -0.15) is 0 Å². The second-order valence-corrected chi connectivity index (χ2v) is 4.33. The number of aromatic nitrogens is 2. The van der Waals surface area contributed by atoms with Gasteiger partial charge in [0.25, 0.3) is 0 Å². The molecule has 0 aliphatic carbocycles. The lowest BCUT2D eigenvalue weighted by Gasteiger charge is -2.07. The van der Waals surface area contributed by atoms with Gasteiger partial charge in [0, 0.05) is 28.7 Å². The maximum absolute atomic E-state index is 12.0. The van der Waals surface area contributed by atoms with Gasteiger partial charge in [-0.3, -0.25) is 9.78 Å². The minimum absolute atomic E-state index is 0.0940. The Kier molecular flexibility index (Phi) is 2.38. The molecule has 3 aromatic rings. The molecular weight excluding hydrogens is 228 g/mol. The van der Waals surface area contributed by atoms with Crippen molar-refractivity contribution >= 4 is 21.8 Å². The molecule has 3 rings (SSSR count). The molecule has 0 aliphatic rings. The number of aliphatic hydroxyl groups is 1. The monoisotopic (exact) mass is 240 g/mol. The number of hydrogen-bond donors (Lipinski definition) is 2. The molecule has 0 spiro atoms. The highest BCUT2D eigenvalue weighted by Gasteiger charge is 2.08. The van der Waals surface area contributed by atoms with E-state index in [-0.39, 0.29) is 12.0 Å². The zero-order valence-electron chi connectivity index (χ0n) is 9.90. The molecule has 2 heterocycles. The fourth-order valence-corrected chi connectivity index (χ4v) is 2.26. The van der Waals surface area contributed by atoms with E-state index in [1.165, 1.54) is 6.07 Å². The topological polar surface area (TPSA) is 66.0 Å². The summed E-state index contributed by atoms with van der Waals surface area (Å²) in [4.78, 5) is 19.4. The van der Waals surface area contributed by atoms with Gasteiger partial charge in [-0.1, -0.05) is 6.07 Å². The summed E-state index contributed by atoms with van der Waals surface area (Å²) in [7, 11) is 0. The highest BCUT2D eigenvalue weighted by Crippen LogP contribution is 2.23. The van der Waals surface area contributed by atoms with Crippen LogP contribution >= 0.6 is 0 Å². The lowest BCUT2D eigenvalue weighted by Crippen LogP contribution is -2.06. The first-order valence-corrected chi connectivity index (χ1v) is 5.72. The van der Waals surface area contributed by atoms with Gasteiger partial charge in [0.05, 0.1) is 17.6 Å². The molecule has 18 heavy (non-hydrogen) atoms. The summed E-state index contributed by atoms with van der Waals surface area (Å²) >= 11 is 0. The number of aliphatic hydroxyl groups excluding tert-OH is 1. The van der Waals surface area contributed by atoms with E-state index in [1.54, 1.807) is 6.20 Å². The van der Waals surface area contributed by atoms with Gasteiger partial charge < -0.3 is 10.1 Å². The average Bonchev–Trinajstić information content (AvgIpc) is 2.40. The zero-order chi connectivity index (χ0) is 12.7. The van der Waals surface area contributed by atoms with Crippen LogP contribution < -0.4 is 5.43 Å². The predicted octanol–water partition coefficient (Wildman–Crippen LogP) is 1.88. The quantitative estimate of drug-likeness (QED) is 0.638. The van der Waals surface area contributed by atoms with Crippen LogP contribution in [0.15, 0.2) is 35.3 Å². The van der Waals surface area contributed by atoms with Gasteiger partial charge in [-0.15, -0.1) is 0 Å². The normalized spacial score (nSPS) is 11.2. The Morgan fingerprint density at radius 1 is 1.33 bits per heavy atom. The number of nitrogens with zero attached hydrogens (tertiary/aromatic N) is 1. The number of hydrogen-bond acceptors (Lipinski definition) is 3. The second-order valence-electron chi connectivity index (χ2n) is 4.33. The Labute approximate surface area is 103 Å². The highest BCUT2D eigenvalue weighted by atomic mass is 16.3. The SMILES string of the molecule is Cc1cc2c(=O)cc(CO)[nH]c2c2ncccc12. The number of fused-ring (bicyclic) bond motifs is 3. The van der Waals surface area contributed by atoms with Gasteiger partial charge in [0.15, 0.2) is 5.43 Å². The molecule has 0 amide bonds. The summed E-state index contributed by atoms with van der Waals surface area (Å²) in [6.07, 6.45) is 1.70. The fourth-order valence-electron chi connectivity index (χ4n) is 2.26. The molecule has 90 valence electrons. The molecule has 4 heteroatoms. The van der Waals surface area contributed by atoms with E-state index in [2.05, 4.69) is 9.97 Å². The maximum atomic E-state index is 12.0. The van der Waals surface area contributed by atoms with Crippen molar-refractivity contribution in [1.29, 1.82) is 0 Å². The van der Waals surface area contributed by atoms with Crippen molar-refractivity contribution in [2.45, 2.75) is 13.5 Å². The molecule has 1 aromatic carbocycles. The van der Waals surface area contributed by atoms with Gasteiger partial charge >= 0.3 is 0 Å². The van der Waals surface area contributed by atoms with Crippen LogP contribution in [0.4, 0.5) is 0 Å². The molecule has 0 saturated carbocycles. The van der Waals surface area contributed by atoms with E-state index in [4.69, 9.17) is 5.11 Å². The van der Waals surface area contributed by atoms with Crippen LogP contribution in [0.3, 0.4) is 0 Å². The molecule has 2 aromatic heterocycles. The fraction of sp³-hybridized carbons (Fsp3) is 0.143. The van der Waals surface area contributed by atoms with Crippen molar-refractivity contribution in [2.75, 3.05) is 0 Å². The molecule has 0 bridgehead atoms. The number of aromatic amines is 1. The van der Waals surface area contributed by atoms with Crippen molar-refractivity contribution in [1.82, 2.24) is 9.97 Å². The lowest BCUT2D eigenvalue weighted by atomic mass is 10.0. The van der Waals surface area contributed by atoms with Crippen molar-refractivity contribution in [3.8, 4) is 0 Å². The number of H-pyrrole nitrogens is 1. The third kappa shape index (κ3) is 1.50. The molecular formula is C14H12N2O2. The number of rotatable bonds is 1. The van der Waals surface area contributed by atoms with E-state index in [0.717, 1.165) is 16.5 Å². The third-order valence-electron chi connectivity index (χ3n) is 3.13. The Bertz CT molecular complexity index is 806. The maximum Gasteiger partial charge on any atom is 0.189 e. The number of benzene rings is 1. The van der Waals surface area contributed by atoms with E-state index in [1.807, 2.05) is 25.1 Å². The summed E-state index contributed by atoms with van der Waals surface area (Å²) < 4.78 is 0. The van der Waals surface area contributed by atoms with Crippen LogP contribution in [-0.4, -0.2) is 15.1 Å². The van der Waals surface area contributed by atoms with Crippen LogP contribution in [0, 0.1) is 6.92 Å². The molecule has 0 atom stereocenters. The molecule has 2 N–H and O–H groups in total. The van der Waals surface area contributed by atoms with Gasteiger partial charge in [0.2, 0.25) is 0 Å². The Hall–Kier alpha value is -2.20. The van der Waals surface area contributed by atoms with Crippen molar-refractivity contribution < 1.29 is 5.11 Å². The smallest absolute Gasteiger partial charge is 0.189 e. The Morgan fingerprint density at radius 2 is 2.17 bits per heavy atom. The van der Waals surface area contributed by atoms with E-state index in [9.17, 15) is 4.79 Å². The van der Waals surface area contributed by atoms with Crippen molar-refractivity contribution in [3.05, 3.63) is 51.9 Å². The van der Waals surface area contributed by atoms with E-state index in [0.29, 0.717) is 16.6 Å². The molecule has 0 aliphatic heterocycles. The summed E-state index contributed by atoms with van der Waals surface area (Å²) in [5.74, 6) is 0. The van der Waals surface area contributed by atoms with Crippen LogP contribution in [-0.2, 0) is 6.61 Å². The van der Waals surface area contributed by atoms with Gasteiger partial charge in [-0.05, 0) is 24.6 Å². The number of pyridine rings is 2. The molecule has 0 radical (unpaired) electrons. The van der Waals surface area contributed by atoms with E-state index >= 15 is 0 Å². The van der Waals surface area contributed by atoms with E-state index < -0.39 is 0 Å². The minimum Gasteiger partial charge on any atom is -0.390 e. The summed E-state index contributed by atoms with van der Waals surface area (Å²) in [5.41, 5.74) is 2.88. The second kappa shape index (κ2) is 3.92. The van der Waals surface area contributed by atoms with Gasteiger partial charge in [0.1, 0.15) is 0 Å². The van der Waals surface area contributed by atoms with Crippen LogP contribution in [0.1, 0.15) is 11.3 Å². The van der Waals surface area contributed by atoms with Crippen LogP contribution in [0.2, 0.25) is 0 Å². The van der Waals surface area contributed by atoms with Crippen molar-refractivity contribution in [2.24, 2.45) is 0 Å². The van der Waals surface area contributed by atoms with Crippen LogP contribution in [0.25, 0.3) is 21.8 Å². The first kappa shape index (κ1) is 10.9.